The first-order chi connectivity index (χ1) is 13.7. The van der Waals surface area contributed by atoms with E-state index < -0.39 is 0 Å². The van der Waals surface area contributed by atoms with Crippen LogP contribution in [0.15, 0.2) is 29.3 Å². The summed E-state index contributed by atoms with van der Waals surface area (Å²) in [6, 6.07) is 7.59. The monoisotopic (exact) mass is 520 g/mol. The van der Waals surface area contributed by atoms with Crippen molar-refractivity contribution in [3.8, 4) is 5.75 Å². The summed E-state index contributed by atoms with van der Waals surface area (Å²) in [6.07, 6.45) is 3.34. The molecule has 1 aliphatic rings. The third kappa shape index (κ3) is 10.7. The van der Waals surface area contributed by atoms with Crippen LogP contribution < -0.4 is 20.7 Å². The molecule has 1 aliphatic heterocycles. The summed E-state index contributed by atoms with van der Waals surface area (Å²) in [5, 5.41) is 9.05. The molecule has 0 bridgehead atoms. The number of amides is 1. The van der Waals surface area contributed by atoms with Gasteiger partial charge in [-0.15, -0.1) is 24.0 Å². The Morgan fingerprint density at radius 3 is 2.69 bits per heavy atom. The van der Waals surface area contributed by atoms with Gasteiger partial charge in [0, 0.05) is 33.4 Å². The first kappa shape index (κ1) is 25.4. The molecule has 1 saturated heterocycles. The highest BCUT2D eigenvalue weighted by Gasteiger charge is 2.14. The van der Waals surface area contributed by atoms with E-state index >= 15 is 0 Å². The van der Waals surface area contributed by atoms with E-state index in [0.29, 0.717) is 25.7 Å². The summed E-state index contributed by atoms with van der Waals surface area (Å²) in [7, 11) is 3.31. The van der Waals surface area contributed by atoms with Crippen LogP contribution in [-0.4, -0.2) is 65.0 Å². The van der Waals surface area contributed by atoms with Crippen molar-refractivity contribution in [2.75, 3.05) is 47.1 Å². The van der Waals surface area contributed by atoms with Crippen LogP contribution in [0.3, 0.4) is 0 Å². The standard InChI is InChI=1S/C20H32N4O4.HI/c1-21-20(22-10-4-11-27-15-18-5-3-12-28-18)24-14-19(25)23-13-16-6-8-17(26-2)9-7-16;/h6-9,18H,3-5,10-15H2,1-2H3,(H,23,25)(H2,21,22,24);1H. The van der Waals surface area contributed by atoms with Crippen LogP contribution in [-0.2, 0) is 20.8 Å². The van der Waals surface area contributed by atoms with E-state index in [1.165, 1.54) is 0 Å². The fraction of sp³-hybridized carbons (Fsp3) is 0.600. The van der Waals surface area contributed by atoms with Gasteiger partial charge < -0.3 is 30.2 Å². The molecule has 0 saturated carbocycles. The SMILES string of the molecule is CN=C(NCCCOCC1CCCO1)NCC(=O)NCc1ccc(OC)cc1.I. The van der Waals surface area contributed by atoms with Crippen molar-refractivity contribution in [3.05, 3.63) is 29.8 Å². The van der Waals surface area contributed by atoms with Crippen molar-refractivity contribution >= 4 is 35.8 Å². The van der Waals surface area contributed by atoms with E-state index in [9.17, 15) is 4.79 Å². The summed E-state index contributed by atoms with van der Waals surface area (Å²) in [5.41, 5.74) is 1.01. The van der Waals surface area contributed by atoms with Gasteiger partial charge in [0.25, 0.3) is 0 Å². The number of carbonyl (C=O) groups is 1. The van der Waals surface area contributed by atoms with E-state index in [4.69, 9.17) is 14.2 Å². The molecule has 1 atom stereocenters. The minimum absolute atomic E-state index is 0. The van der Waals surface area contributed by atoms with E-state index in [2.05, 4.69) is 20.9 Å². The Morgan fingerprint density at radius 2 is 2.03 bits per heavy atom. The second-order valence-corrected chi connectivity index (χ2v) is 6.54. The summed E-state index contributed by atoms with van der Waals surface area (Å²) in [5.74, 6) is 1.29. The Hall–Kier alpha value is -1.59. The summed E-state index contributed by atoms with van der Waals surface area (Å²) in [6.45, 7) is 3.54. The van der Waals surface area contributed by atoms with E-state index in [1.807, 2.05) is 24.3 Å². The molecule has 0 spiro atoms. The molecule has 2 rings (SSSR count). The molecule has 0 aliphatic carbocycles. The third-order valence-electron chi connectivity index (χ3n) is 4.37. The number of hydrogen-bond donors (Lipinski definition) is 3. The number of nitrogens with zero attached hydrogens (tertiary/aromatic N) is 1. The molecule has 1 aromatic carbocycles. The summed E-state index contributed by atoms with van der Waals surface area (Å²) >= 11 is 0. The number of ether oxygens (including phenoxy) is 3. The highest BCUT2D eigenvalue weighted by molar-refractivity contribution is 14.0. The topological polar surface area (TPSA) is 93.2 Å². The summed E-state index contributed by atoms with van der Waals surface area (Å²) < 4.78 is 16.3. The Bertz CT molecular complexity index is 607. The molecule has 29 heavy (non-hydrogen) atoms. The molecule has 1 heterocycles. The second kappa shape index (κ2) is 15.3. The van der Waals surface area contributed by atoms with E-state index in [-0.39, 0.29) is 42.5 Å². The van der Waals surface area contributed by atoms with Crippen LogP contribution in [0.4, 0.5) is 0 Å². The van der Waals surface area contributed by atoms with Gasteiger partial charge >= 0.3 is 0 Å². The maximum Gasteiger partial charge on any atom is 0.239 e. The second-order valence-electron chi connectivity index (χ2n) is 6.54. The highest BCUT2D eigenvalue weighted by atomic mass is 127. The first-order valence-corrected chi connectivity index (χ1v) is 9.74. The fourth-order valence-electron chi connectivity index (χ4n) is 2.76. The number of methoxy groups -OCH3 is 1. The molecular formula is C20H33IN4O4. The van der Waals surface area contributed by atoms with E-state index in [0.717, 1.165) is 43.7 Å². The molecule has 0 aromatic heterocycles. The molecule has 1 aromatic rings. The number of rotatable bonds is 11. The molecule has 1 amide bonds. The average molecular weight is 520 g/mol. The van der Waals surface area contributed by atoms with Gasteiger partial charge in [0.2, 0.25) is 5.91 Å². The number of halogens is 1. The lowest BCUT2D eigenvalue weighted by atomic mass is 10.2. The first-order valence-electron chi connectivity index (χ1n) is 9.74. The van der Waals surface area contributed by atoms with Crippen molar-refractivity contribution in [2.45, 2.75) is 31.9 Å². The number of nitrogens with one attached hydrogen (secondary N) is 3. The van der Waals surface area contributed by atoms with Crippen LogP contribution in [0.1, 0.15) is 24.8 Å². The Kier molecular flexibility index (Phi) is 13.4. The van der Waals surface area contributed by atoms with Crippen LogP contribution in [0.25, 0.3) is 0 Å². The van der Waals surface area contributed by atoms with Crippen LogP contribution in [0, 0.1) is 0 Å². The normalized spacial score (nSPS) is 16.1. The third-order valence-corrected chi connectivity index (χ3v) is 4.37. The van der Waals surface area contributed by atoms with Gasteiger partial charge in [-0.25, -0.2) is 0 Å². The zero-order valence-corrected chi connectivity index (χ0v) is 19.6. The maximum absolute atomic E-state index is 12.0. The molecule has 0 radical (unpaired) electrons. The minimum Gasteiger partial charge on any atom is -0.497 e. The van der Waals surface area contributed by atoms with Crippen molar-refractivity contribution in [1.29, 1.82) is 0 Å². The predicted molar refractivity (Wildman–Crippen MR) is 124 cm³/mol. The molecular weight excluding hydrogens is 487 g/mol. The van der Waals surface area contributed by atoms with Crippen LogP contribution >= 0.6 is 24.0 Å². The fourth-order valence-corrected chi connectivity index (χ4v) is 2.76. The van der Waals surface area contributed by atoms with Crippen molar-refractivity contribution in [3.63, 3.8) is 0 Å². The van der Waals surface area contributed by atoms with Gasteiger partial charge in [-0.3, -0.25) is 9.79 Å². The molecule has 1 unspecified atom stereocenters. The average Bonchev–Trinajstić information content (AvgIpc) is 3.25. The number of hydrogen-bond acceptors (Lipinski definition) is 5. The smallest absolute Gasteiger partial charge is 0.239 e. The van der Waals surface area contributed by atoms with Gasteiger partial charge in [-0.1, -0.05) is 12.1 Å². The quantitative estimate of drug-likeness (QED) is 0.178. The van der Waals surface area contributed by atoms with E-state index in [1.54, 1.807) is 14.2 Å². The molecule has 1 fully saturated rings. The predicted octanol–water partition coefficient (Wildman–Crippen LogP) is 1.68. The Balaban J connectivity index is 0.00000420. The molecule has 9 heteroatoms. The zero-order chi connectivity index (χ0) is 20.0. The largest absolute Gasteiger partial charge is 0.497 e. The van der Waals surface area contributed by atoms with Gasteiger partial charge in [0.1, 0.15) is 5.75 Å². The highest BCUT2D eigenvalue weighted by Crippen LogP contribution is 2.12. The zero-order valence-electron chi connectivity index (χ0n) is 17.2. The Labute approximate surface area is 190 Å². The summed E-state index contributed by atoms with van der Waals surface area (Å²) in [4.78, 5) is 16.1. The van der Waals surface area contributed by atoms with Gasteiger partial charge in [-0.2, -0.15) is 0 Å². The van der Waals surface area contributed by atoms with Crippen LogP contribution in [0.5, 0.6) is 5.75 Å². The van der Waals surface area contributed by atoms with Crippen molar-refractivity contribution in [1.82, 2.24) is 16.0 Å². The van der Waals surface area contributed by atoms with Gasteiger partial charge in [0.05, 0.1) is 26.4 Å². The number of benzene rings is 1. The molecule has 164 valence electrons. The maximum atomic E-state index is 12.0. The lowest BCUT2D eigenvalue weighted by Gasteiger charge is -2.13. The minimum atomic E-state index is -0.0985. The number of guanidine groups is 1. The molecule has 8 nitrogen and oxygen atoms in total. The van der Waals surface area contributed by atoms with Gasteiger partial charge in [-0.05, 0) is 37.0 Å². The Morgan fingerprint density at radius 1 is 1.24 bits per heavy atom. The number of carbonyl (C=O) groups excluding carboxylic acids is 1. The van der Waals surface area contributed by atoms with Crippen molar-refractivity contribution in [2.24, 2.45) is 4.99 Å². The lowest BCUT2D eigenvalue weighted by Crippen LogP contribution is -2.43. The number of aliphatic imine (C=N–C) groups is 1. The lowest BCUT2D eigenvalue weighted by molar-refractivity contribution is -0.120. The van der Waals surface area contributed by atoms with Gasteiger partial charge in [0.15, 0.2) is 5.96 Å². The molecule has 3 N–H and O–H groups in total. The van der Waals surface area contributed by atoms with Crippen molar-refractivity contribution < 1.29 is 19.0 Å². The van der Waals surface area contributed by atoms with Crippen LogP contribution in [0.2, 0.25) is 0 Å².